The van der Waals surface area contributed by atoms with Crippen molar-refractivity contribution in [2.45, 2.75) is 0 Å². The van der Waals surface area contributed by atoms with E-state index in [9.17, 15) is 19.5 Å². The highest BCUT2D eigenvalue weighted by Crippen LogP contribution is 2.29. The van der Waals surface area contributed by atoms with Crippen molar-refractivity contribution in [1.82, 2.24) is 5.32 Å². The van der Waals surface area contributed by atoms with Gasteiger partial charge in [0.15, 0.2) is 0 Å². The second-order valence-electron chi connectivity index (χ2n) is 6.64. The average Bonchev–Trinajstić information content (AvgIpc) is 2.78. The van der Waals surface area contributed by atoms with E-state index < -0.39 is 17.8 Å². The maximum absolute atomic E-state index is 12.9. The van der Waals surface area contributed by atoms with Gasteiger partial charge in [-0.3, -0.25) is 15.0 Å². The number of benzene rings is 3. The van der Waals surface area contributed by atoms with Crippen LogP contribution in [0.25, 0.3) is 11.1 Å². The third-order valence-corrected chi connectivity index (χ3v) is 4.65. The molecule has 0 saturated carbocycles. The van der Waals surface area contributed by atoms with Gasteiger partial charge >= 0.3 is 5.97 Å². The Morgan fingerprint density at radius 3 is 2.06 bits per heavy atom. The fraction of sp³-hybridized carbons (Fsp3) is 0.0435. The molecule has 0 unspecified atom stereocenters. The summed E-state index contributed by atoms with van der Waals surface area (Å²) >= 11 is 0. The van der Waals surface area contributed by atoms with Crippen molar-refractivity contribution in [1.29, 1.82) is 5.41 Å². The summed E-state index contributed by atoms with van der Waals surface area (Å²) < 4.78 is 0. The van der Waals surface area contributed by atoms with Crippen LogP contribution in [0.3, 0.4) is 0 Å². The first-order valence-electron chi connectivity index (χ1n) is 9.26. The van der Waals surface area contributed by atoms with Gasteiger partial charge in [0.25, 0.3) is 11.8 Å². The molecule has 3 rings (SSSR count). The first-order chi connectivity index (χ1) is 14.8. The van der Waals surface area contributed by atoms with Gasteiger partial charge in [0.1, 0.15) is 5.84 Å². The lowest BCUT2D eigenvalue weighted by molar-refractivity contribution is 0.0697. The molecule has 3 aromatic carbocycles. The number of amidine groups is 1. The van der Waals surface area contributed by atoms with Crippen LogP contribution >= 0.6 is 0 Å². The zero-order valence-electron chi connectivity index (χ0n) is 16.6. The molecule has 8 heteroatoms. The summed E-state index contributed by atoms with van der Waals surface area (Å²) in [6.07, 6.45) is 0. The molecule has 6 N–H and O–H groups in total. The average molecular weight is 416 g/mol. The number of nitrogens with two attached hydrogens (primary N) is 1. The molecule has 156 valence electrons. The molecule has 0 radical (unpaired) electrons. The zero-order chi connectivity index (χ0) is 22.5. The minimum Gasteiger partial charge on any atom is -0.478 e. The highest BCUT2D eigenvalue weighted by atomic mass is 16.4. The van der Waals surface area contributed by atoms with E-state index in [0.717, 1.165) is 0 Å². The van der Waals surface area contributed by atoms with E-state index in [4.69, 9.17) is 11.1 Å². The van der Waals surface area contributed by atoms with Crippen LogP contribution in [-0.4, -0.2) is 35.8 Å². The number of nitrogens with one attached hydrogen (secondary N) is 3. The van der Waals surface area contributed by atoms with E-state index in [0.29, 0.717) is 22.4 Å². The van der Waals surface area contributed by atoms with Gasteiger partial charge in [-0.25, -0.2) is 4.79 Å². The van der Waals surface area contributed by atoms with Crippen molar-refractivity contribution in [3.05, 3.63) is 89.0 Å². The molecule has 3 aromatic rings. The molecule has 0 aliphatic carbocycles. The van der Waals surface area contributed by atoms with Crippen LogP contribution in [0.4, 0.5) is 5.69 Å². The Kier molecular flexibility index (Phi) is 6.11. The van der Waals surface area contributed by atoms with E-state index in [-0.39, 0.29) is 22.5 Å². The zero-order valence-corrected chi connectivity index (χ0v) is 16.6. The monoisotopic (exact) mass is 416 g/mol. The number of hydrogen-bond acceptors (Lipinski definition) is 4. The van der Waals surface area contributed by atoms with Crippen LogP contribution in [0.2, 0.25) is 0 Å². The molecule has 0 aliphatic rings. The van der Waals surface area contributed by atoms with Crippen LogP contribution in [0.1, 0.15) is 36.6 Å². The molecule has 0 fully saturated rings. The summed E-state index contributed by atoms with van der Waals surface area (Å²) in [5, 5.41) is 22.3. The van der Waals surface area contributed by atoms with Crippen molar-refractivity contribution in [2.24, 2.45) is 5.73 Å². The molecular formula is C23H20N4O4. The lowest BCUT2D eigenvalue weighted by Crippen LogP contribution is -2.18. The molecule has 31 heavy (non-hydrogen) atoms. The molecule has 0 bridgehead atoms. The van der Waals surface area contributed by atoms with Gasteiger partial charge in [0, 0.05) is 29.4 Å². The summed E-state index contributed by atoms with van der Waals surface area (Å²) in [6, 6.07) is 17.4. The Hall–Kier alpha value is -4.46. The van der Waals surface area contributed by atoms with Crippen molar-refractivity contribution >= 4 is 29.3 Å². The van der Waals surface area contributed by atoms with Crippen molar-refractivity contribution in [3.63, 3.8) is 0 Å². The number of carboxylic acid groups (broad SMARTS) is 1. The second-order valence-corrected chi connectivity index (χ2v) is 6.64. The van der Waals surface area contributed by atoms with Gasteiger partial charge < -0.3 is 21.5 Å². The number of carbonyl (C=O) groups excluding carboxylic acids is 2. The van der Waals surface area contributed by atoms with Gasteiger partial charge in [-0.15, -0.1) is 0 Å². The normalized spacial score (nSPS) is 10.2. The molecule has 0 spiro atoms. The minimum atomic E-state index is -1.21. The SMILES string of the molecule is CNC(=O)c1ccc(-c2ccccc2C(=O)Nc2ccc(C(=N)N)cc2)c(C(=O)O)c1. The second kappa shape index (κ2) is 8.91. The Morgan fingerprint density at radius 1 is 0.839 bits per heavy atom. The van der Waals surface area contributed by atoms with Gasteiger partial charge in [0.2, 0.25) is 0 Å². The standard InChI is InChI=1S/C23H20N4O4/c1-26-21(28)14-8-11-17(19(12-14)23(30)31)16-4-2-3-5-18(16)22(29)27-15-9-6-13(7-10-15)20(24)25/h2-12H,1H3,(H3,24,25)(H,26,28)(H,27,29)(H,30,31). The number of carboxylic acids is 1. The number of hydrogen-bond donors (Lipinski definition) is 5. The van der Waals surface area contributed by atoms with Crippen molar-refractivity contribution in [3.8, 4) is 11.1 Å². The Morgan fingerprint density at radius 2 is 1.45 bits per heavy atom. The Bertz CT molecular complexity index is 1190. The predicted molar refractivity (Wildman–Crippen MR) is 118 cm³/mol. The fourth-order valence-corrected chi connectivity index (χ4v) is 3.09. The first-order valence-corrected chi connectivity index (χ1v) is 9.26. The molecule has 0 aromatic heterocycles. The maximum atomic E-state index is 12.9. The van der Waals surface area contributed by atoms with E-state index in [1.165, 1.54) is 25.2 Å². The largest absolute Gasteiger partial charge is 0.478 e. The molecule has 0 saturated heterocycles. The van der Waals surface area contributed by atoms with Crippen LogP contribution in [0, 0.1) is 5.41 Å². The summed E-state index contributed by atoms with van der Waals surface area (Å²) in [5.41, 5.74) is 7.59. The number of aromatic carboxylic acids is 1. The smallest absolute Gasteiger partial charge is 0.336 e. The Labute approximate surface area is 178 Å². The van der Waals surface area contributed by atoms with Crippen LogP contribution in [-0.2, 0) is 0 Å². The van der Waals surface area contributed by atoms with Crippen LogP contribution in [0.15, 0.2) is 66.7 Å². The molecule has 0 aliphatic heterocycles. The lowest BCUT2D eigenvalue weighted by Gasteiger charge is -2.13. The molecule has 2 amide bonds. The summed E-state index contributed by atoms with van der Waals surface area (Å²) in [6.45, 7) is 0. The molecule has 8 nitrogen and oxygen atoms in total. The van der Waals surface area contributed by atoms with Gasteiger partial charge in [0.05, 0.1) is 5.56 Å². The van der Waals surface area contributed by atoms with Gasteiger partial charge in [-0.1, -0.05) is 24.3 Å². The van der Waals surface area contributed by atoms with Gasteiger partial charge in [-0.2, -0.15) is 0 Å². The number of amides is 2. The van der Waals surface area contributed by atoms with E-state index in [2.05, 4.69) is 10.6 Å². The van der Waals surface area contributed by atoms with E-state index in [1.807, 2.05) is 0 Å². The number of nitrogen functional groups attached to an aromatic ring is 1. The topological polar surface area (TPSA) is 145 Å². The summed E-state index contributed by atoms with van der Waals surface area (Å²) in [7, 11) is 1.46. The third kappa shape index (κ3) is 4.59. The lowest BCUT2D eigenvalue weighted by atomic mass is 9.93. The molecule has 0 heterocycles. The highest BCUT2D eigenvalue weighted by molar-refractivity contribution is 6.11. The number of anilines is 1. The quantitative estimate of drug-likeness (QED) is 0.310. The fourth-order valence-electron chi connectivity index (χ4n) is 3.09. The van der Waals surface area contributed by atoms with Gasteiger partial charge in [-0.05, 0) is 53.6 Å². The van der Waals surface area contributed by atoms with E-state index >= 15 is 0 Å². The highest BCUT2D eigenvalue weighted by Gasteiger charge is 2.20. The minimum absolute atomic E-state index is 0.0791. The molecular weight excluding hydrogens is 396 g/mol. The first kappa shape index (κ1) is 21.3. The number of rotatable bonds is 6. The van der Waals surface area contributed by atoms with Crippen molar-refractivity contribution < 1.29 is 19.5 Å². The third-order valence-electron chi connectivity index (χ3n) is 4.65. The maximum Gasteiger partial charge on any atom is 0.336 e. The van der Waals surface area contributed by atoms with E-state index in [1.54, 1.807) is 48.5 Å². The number of carbonyl (C=O) groups is 3. The summed E-state index contributed by atoms with van der Waals surface area (Å²) in [4.78, 5) is 36.7. The summed E-state index contributed by atoms with van der Waals surface area (Å²) in [5.74, 6) is -2.13. The predicted octanol–water partition coefficient (Wildman–Crippen LogP) is 2.95. The molecule has 0 atom stereocenters. The van der Waals surface area contributed by atoms with Crippen LogP contribution < -0.4 is 16.4 Å². The Balaban J connectivity index is 2.00. The van der Waals surface area contributed by atoms with Crippen molar-refractivity contribution in [2.75, 3.05) is 12.4 Å². The van der Waals surface area contributed by atoms with Crippen LogP contribution in [0.5, 0.6) is 0 Å².